The first kappa shape index (κ1) is 18.4. The van der Waals surface area contributed by atoms with Crippen molar-refractivity contribution in [1.29, 1.82) is 0 Å². The molecule has 0 spiro atoms. The molecular weight excluding hydrogens is 328 g/mol. The Morgan fingerprint density at radius 1 is 1.12 bits per heavy atom. The van der Waals surface area contributed by atoms with Gasteiger partial charge in [-0.3, -0.25) is 14.4 Å². The molecule has 5 nitrogen and oxygen atoms in total. The smallest absolute Gasteiger partial charge is 0.277 e. The first-order valence-electron chi connectivity index (χ1n) is 9.08. The van der Waals surface area contributed by atoms with E-state index < -0.39 is 0 Å². The molecule has 0 N–H and O–H groups in total. The third-order valence-corrected chi connectivity index (χ3v) is 4.91. The van der Waals surface area contributed by atoms with Crippen molar-refractivity contribution in [2.75, 3.05) is 27.2 Å². The van der Waals surface area contributed by atoms with Gasteiger partial charge in [0, 0.05) is 37.7 Å². The lowest BCUT2D eigenvalue weighted by atomic mass is 9.88. The van der Waals surface area contributed by atoms with Crippen LogP contribution in [-0.4, -0.2) is 49.0 Å². The monoisotopic (exact) mass is 353 g/mol. The van der Waals surface area contributed by atoms with E-state index >= 15 is 0 Å². The zero-order chi connectivity index (χ0) is 18.5. The molecule has 2 aliphatic rings. The van der Waals surface area contributed by atoms with Crippen LogP contribution in [0.1, 0.15) is 41.6 Å². The molecule has 3 rings (SSSR count). The molecule has 5 heteroatoms. The Bertz CT molecular complexity index is 745. The summed E-state index contributed by atoms with van der Waals surface area (Å²) in [5, 5.41) is 1.20. The summed E-state index contributed by atoms with van der Waals surface area (Å²) in [4.78, 5) is 32.7. The summed E-state index contributed by atoms with van der Waals surface area (Å²) >= 11 is 0. The zero-order valence-corrected chi connectivity index (χ0v) is 15.4. The van der Waals surface area contributed by atoms with Gasteiger partial charge in [-0.2, -0.15) is 0 Å². The van der Waals surface area contributed by atoms with E-state index in [-0.39, 0.29) is 11.8 Å². The normalized spacial score (nSPS) is 17.4. The maximum atomic E-state index is 13.1. The van der Waals surface area contributed by atoms with Gasteiger partial charge in [0.1, 0.15) is 0 Å². The standard InChI is InChI=1S/C21H25N2O3/c1-22(26-2)20(24)18-12-6-4-10-16(18)17-11-5-7-13-19(17)21(25)23-14-8-3-9-15-23/h4-6,10-13H,3,7-9,14-15H2,1-2H3. The summed E-state index contributed by atoms with van der Waals surface area (Å²) < 4.78 is 0. The lowest BCUT2D eigenvalue weighted by Gasteiger charge is -2.29. The maximum Gasteiger partial charge on any atom is 0.277 e. The van der Waals surface area contributed by atoms with E-state index in [4.69, 9.17) is 4.84 Å². The van der Waals surface area contributed by atoms with Crippen LogP contribution >= 0.6 is 0 Å². The van der Waals surface area contributed by atoms with Crippen molar-refractivity contribution >= 4 is 17.4 Å². The highest BCUT2D eigenvalue weighted by Gasteiger charge is 2.26. The van der Waals surface area contributed by atoms with Crippen molar-refractivity contribution in [3.63, 3.8) is 0 Å². The third kappa shape index (κ3) is 3.73. The molecule has 1 saturated heterocycles. The topological polar surface area (TPSA) is 49.9 Å². The number of allylic oxidation sites excluding steroid dienone is 3. The summed E-state index contributed by atoms with van der Waals surface area (Å²) in [6.07, 6.45) is 9.95. The van der Waals surface area contributed by atoms with E-state index in [1.165, 1.54) is 18.6 Å². The fourth-order valence-corrected chi connectivity index (χ4v) is 3.43. The van der Waals surface area contributed by atoms with Gasteiger partial charge in [-0.1, -0.05) is 30.4 Å². The molecule has 1 aliphatic heterocycles. The van der Waals surface area contributed by atoms with Crippen molar-refractivity contribution in [3.8, 4) is 0 Å². The number of benzene rings is 1. The lowest BCUT2D eigenvalue weighted by molar-refractivity contribution is -0.127. The summed E-state index contributed by atoms with van der Waals surface area (Å²) in [6.45, 7) is 1.61. The molecular formula is C21H25N2O3. The average molecular weight is 353 g/mol. The molecule has 1 aromatic rings. The van der Waals surface area contributed by atoms with Crippen LogP contribution in [0.3, 0.4) is 0 Å². The number of hydrogen-bond donors (Lipinski definition) is 0. The number of rotatable bonds is 4. The largest absolute Gasteiger partial charge is 0.339 e. The van der Waals surface area contributed by atoms with Crippen molar-refractivity contribution in [1.82, 2.24) is 9.96 Å². The summed E-state index contributed by atoms with van der Waals surface area (Å²) in [7, 11) is 3.04. The highest BCUT2D eigenvalue weighted by molar-refractivity contribution is 6.09. The minimum absolute atomic E-state index is 0.0615. The number of nitrogens with zero attached hydrogens (tertiary/aromatic N) is 2. The van der Waals surface area contributed by atoms with E-state index in [0.29, 0.717) is 11.1 Å². The molecule has 26 heavy (non-hydrogen) atoms. The van der Waals surface area contributed by atoms with Crippen LogP contribution in [-0.2, 0) is 9.63 Å². The number of amides is 2. The Hall–Kier alpha value is -2.40. The Morgan fingerprint density at radius 3 is 2.58 bits per heavy atom. The van der Waals surface area contributed by atoms with Crippen LogP contribution in [0.4, 0.5) is 0 Å². The van der Waals surface area contributed by atoms with E-state index in [0.717, 1.165) is 43.5 Å². The number of likely N-dealkylation sites (tertiary alicyclic amines) is 1. The first-order valence-corrected chi connectivity index (χ1v) is 9.08. The highest BCUT2D eigenvalue weighted by atomic mass is 16.7. The van der Waals surface area contributed by atoms with Gasteiger partial charge in [0.25, 0.3) is 11.8 Å². The molecule has 1 heterocycles. The quantitative estimate of drug-likeness (QED) is 0.781. The maximum absolute atomic E-state index is 13.1. The summed E-state index contributed by atoms with van der Waals surface area (Å²) in [6, 6.07) is 7.37. The molecule has 0 bridgehead atoms. The Kier molecular flexibility index (Phi) is 5.89. The molecule has 0 aromatic heterocycles. The number of carbonyl (C=O) groups excluding carboxylic acids is 2. The fraction of sp³-hybridized carbons (Fsp3) is 0.381. The molecule has 2 amide bonds. The van der Waals surface area contributed by atoms with E-state index in [1.54, 1.807) is 13.1 Å². The second-order valence-electron chi connectivity index (χ2n) is 6.55. The fourth-order valence-electron chi connectivity index (χ4n) is 3.43. The van der Waals surface area contributed by atoms with E-state index in [1.807, 2.05) is 41.7 Å². The molecule has 1 fully saturated rings. The van der Waals surface area contributed by atoms with Gasteiger partial charge < -0.3 is 4.90 Å². The Morgan fingerprint density at radius 2 is 1.85 bits per heavy atom. The molecule has 1 radical (unpaired) electrons. The number of hydroxylamine groups is 2. The van der Waals surface area contributed by atoms with Gasteiger partial charge in [0.05, 0.1) is 7.11 Å². The number of hydrogen-bond acceptors (Lipinski definition) is 3. The van der Waals surface area contributed by atoms with Gasteiger partial charge in [-0.15, -0.1) is 0 Å². The molecule has 0 unspecified atom stereocenters. The average Bonchev–Trinajstić information content (AvgIpc) is 2.72. The summed E-state index contributed by atoms with van der Waals surface area (Å²) in [5.74, 6) is -0.175. The highest BCUT2D eigenvalue weighted by Crippen LogP contribution is 2.31. The Balaban J connectivity index is 2.02. The molecule has 0 saturated carbocycles. The van der Waals surface area contributed by atoms with Gasteiger partial charge in [0.15, 0.2) is 0 Å². The van der Waals surface area contributed by atoms with Crippen LogP contribution in [0, 0.1) is 6.42 Å². The SMILES string of the molecule is CON(C)C(=O)c1ccccc1C1=C(C(=O)N2CCCCC2)[CH]CC=C1. The molecule has 137 valence electrons. The van der Waals surface area contributed by atoms with Crippen LogP contribution in [0.25, 0.3) is 5.57 Å². The van der Waals surface area contributed by atoms with Crippen LogP contribution in [0.5, 0.6) is 0 Å². The van der Waals surface area contributed by atoms with Crippen molar-refractivity contribution in [2.45, 2.75) is 25.7 Å². The van der Waals surface area contributed by atoms with Crippen LogP contribution in [0.15, 0.2) is 42.0 Å². The number of carbonyl (C=O) groups is 2. The minimum Gasteiger partial charge on any atom is -0.339 e. The second kappa shape index (κ2) is 8.32. The van der Waals surface area contributed by atoms with Gasteiger partial charge in [0.2, 0.25) is 0 Å². The summed E-state index contributed by atoms with van der Waals surface area (Å²) in [5.41, 5.74) is 2.78. The van der Waals surface area contributed by atoms with Crippen LogP contribution < -0.4 is 0 Å². The Labute approximate surface area is 154 Å². The van der Waals surface area contributed by atoms with Gasteiger partial charge >= 0.3 is 0 Å². The molecule has 1 aliphatic carbocycles. The van der Waals surface area contributed by atoms with E-state index in [9.17, 15) is 9.59 Å². The van der Waals surface area contributed by atoms with E-state index in [2.05, 4.69) is 0 Å². The third-order valence-electron chi connectivity index (χ3n) is 4.91. The minimum atomic E-state index is -0.237. The first-order chi connectivity index (χ1) is 12.6. The predicted molar refractivity (Wildman–Crippen MR) is 101 cm³/mol. The van der Waals surface area contributed by atoms with Crippen LogP contribution in [0.2, 0.25) is 0 Å². The molecule has 0 atom stereocenters. The predicted octanol–water partition coefficient (Wildman–Crippen LogP) is 3.25. The van der Waals surface area contributed by atoms with Crippen molar-refractivity contribution in [2.24, 2.45) is 0 Å². The van der Waals surface area contributed by atoms with Crippen molar-refractivity contribution < 1.29 is 14.4 Å². The lowest BCUT2D eigenvalue weighted by Crippen LogP contribution is -2.37. The number of piperidine rings is 1. The zero-order valence-electron chi connectivity index (χ0n) is 15.4. The van der Waals surface area contributed by atoms with Gasteiger partial charge in [-0.05, 0) is 42.9 Å². The second-order valence-corrected chi connectivity index (χ2v) is 6.55. The van der Waals surface area contributed by atoms with Crippen molar-refractivity contribution in [3.05, 3.63) is 59.5 Å². The molecule has 1 aromatic carbocycles. The van der Waals surface area contributed by atoms with Gasteiger partial charge in [-0.25, -0.2) is 5.06 Å².